The fraction of sp³-hybridized carbons (Fsp3) is 0.188. The number of fused-ring (bicyclic) bond motifs is 4. The minimum absolute atomic E-state index is 0. The number of nitrogens with zero attached hydrogens (tertiary/aromatic N) is 4. The number of pyridine rings is 2. The normalized spacial score (nSPS) is 12.7. The number of allylic oxidation sites excluding steroid dienone is 2. The SMILES string of the molecule is C=C1[N-]C=C(C)c2nc3ccccc3cc21.C=C1[N-]C=C(C)c2nc3ccccc3cc21.CC.CC.[Y]. The summed E-state index contributed by atoms with van der Waals surface area (Å²) < 4.78 is 0. The van der Waals surface area contributed by atoms with E-state index >= 15 is 0 Å². The zero-order valence-electron chi connectivity index (χ0n) is 22.7. The Kier molecular flexibility index (Phi) is 11.4. The Balaban J connectivity index is 0.000000224. The maximum Gasteiger partial charge on any atom is 0.0709 e. The van der Waals surface area contributed by atoms with E-state index in [0.29, 0.717) is 0 Å². The molecule has 4 nitrogen and oxygen atoms in total. The summed E-state index contributed by atoms with van der Waals surface area (Å²) in [5.74, 6) is 0. The van der Waals surface area contributed by atoms with Crippen LogP contribution < -0.4 is 0 Å². The third-order valence-electron chi connectivity index (χ3n) is 5.64. The molecule has 187 valence electrons. The van der Waals surface area contributed by atoms with E-state index in [2.05, 4.69) is 58.0 Å². The molecule has 0 bridgehead atoms. The molecule has 0 saturated heterocycles. The van der Waals surface area contributed by atoms with Gasteiger partial charge in [-0.25, -0.2) is 9.97 Å². The van der Waals surface area contributed by atoms with Gasteiger partial charge in [0, 0.05) is 43.5 Å². The molecule has 0 spiro atoms. The van der Waals surface area contributed by atoms with E-state index < -0.39 is 0 Å². The molecule has 2 aromatic carbocycles. The molecule has 0 aliphatic carbocycles. The quantitative estimate of drug-likeness (QED) is 0.214. The smallest absolute Gasteiger partial charge is 0.0709 e. The molecule has 0 N–H and O–H groups in total. The maximum atomic E-state index is 4.66. The molecule has 2 aromatic heterocycles. The number of rotatable bonds is 0. The van der Waals surface area contributed by atoms with Crippen molar-refractivity contribution in [1.29, 1.82) is 0 Å². The molecule has 4 heterocycles. The molecule has 1 radical (unpaired) electrons. The van der Waals surface area contributed by atoms with Crippen LogP contribution in [0.2, 0.25) is 0 Å². The van der Waals surface area contributed by atoms with Crippen molar-refractivity contribution in [3.63, 3.8) is 0 Å². The van der Waals surface area contributed by atoms with Crippen molar-refractivity contribution >= 4 is 44.3 Å². The zero-order valence-corrected chi connectivity index (χ0v) is 25.5. The Morgan fingerprint density at radius 3 is 1.32 bits per heavy atom. The maximum absolute atomic E-state index is 4.66. The van der Waals surface area contributed by atoms with Gasteiger partial charge in [0.1, 0.15) is 0 Å². The van der Waals surface area contributed by atoms with Crippen molar-refractivity contribution in [2.24, 2.45) is 0 Å². The van der Waals surface area contributed by atoms with Gasteiger partial charge in [-0.2, -0.15) is 12.4 Å². The Bertz CT molecular complexity index is 1370. The van der Waals surface area contributed by atoms with Gasteiger partial charge in [-0.15, -0.1) is 24.6 Å². The standard InChI is InChI=1S/2C14H11N2.2C2H6.Y/c2*1-9-8-15-10(2)12-7-11-5-3-4-6-13(11)16-14(9)12;2*1-2;/h2*3-8H,2H2,1H3;2*1-2H3;/q2*-1;;;. The first-order valence-electron chi connectivity index (χ1n) is 12.5. The Morgan fingerprint density at radius 1 is 0.595 bits per heavy atom. The molecular formula is C32H34N4Y-2. The number of aromatic nitrogens is 2. The van der Waals surface area contributed by atoms with Crippen molar-refractivity contribution in [2.75, 3.05) is 0 Å². The van der Waals surface area contributed by atoms with E-state index in [1.54, 1.807) is 0 Å². The molecule has 0 unspecified atom stereocenters. The number of hydrogen-bond acceptors (Lipinski definition) is 2. The molecule has 0 saturated carbocycles. The second-order valence-electron chi connectivity index (χ2n) is 7.93. The van der Waals surface area contributed by atoms with E-state index in [1.165, 1.54) is 0 Å². The van der Waals surface area contributed by atoms with Gasteiger partial charge in [0.05, 0.1) is 22.4 Å². The second kappa shape index (κ2) is 14.0. The van der Waals surface area contributed by atoms with E-state index in [4.69, 9.17) is 0 Å². The minimum Gasteiger partial charge on any atom is -0.664 e. The third kappa shape index (κ3) is 6.63. The number of benzene rings is 2. The average Bonchev–Trinajstić information content (AvgIpc) is 2.94. The van der Waals surface area contributed by atoms with Crippen molar-refractivity contribution < 1.29 is 32.7 Å². The predicted octanol–water partition coefficient (Wildman–Crippen LogP) is 9.96. The number of hydrogen-bond donors (Lipinski definition) is 0. The fourth-order valence-electron chi connectivity index (χ4n) is 3.88. The van der Waals surface area contributed by atoms with Gasteiger partial charge in [0.15, 0.2) is 0 Å². The Labute approximate surface area is 246 Å². The molecule has 4 aromatic rings. The van der Waals surface area contributed by atoms with Gasteiger partial charge in [-0.05, 0) is 60.4 Å². The van der Waals surface area contributed by atoms with E-state index in [9.17, 15) is 0 Å². The molecule has 5 heteroatoms. The minimum atomic E-state index is 0. The van der Waals surface area contributed by atoms with Crippen LogP contribution in [0.25, 0.3) is 55.0 Å². The topological polar surface area (TPSA) is 54.0 Å². The summed E-state index contributed by atoms with van der Waals surface area (Å²) in [6.07, 6.45) is 3.65. The zero-order chi connectivity index (χ0) is 26.2. The van der Waals surface area contributed by atoms with Crippen molar-refractivity contribution in [1.82, 2.24) is 9.97 Å². The molecule has 37 heavy (non-hydrogen) atoms. The monoisotopic (exact) mass is 563 g/mol. The summed E-state index contributed by atoms with van der Waals surface area (Å²) in [4.78, 5) is 9.32. The molecule has 6 rings (SSSR count). The van der Waals surface area contributed by atoms with Crippen LogP contribution in [-0.4, -0.2) is 9.97 Å². The Morgan fingerprint density at radius 2 is 0.946 bits per heavy atom. The molecule has 0 atom stereocenters. The first-order chi connectivity index (χ1) is 17.5. The van der Waals surface area contributed by atoms with Crippen molar-refractivity contribution in [3.8, 4) is 0 Å². The van der Waals surface area contributed by atoms with Crippen LogP contribution in [0.15, 0.2) is 86.2 Å². The summed E-state index contributed by atoms with van der Waals surface area (Å²) in [6.45, 7) is 19.9. The Hall–Kier alpha value is -3.08. The van der Waals surface area contributed by atoms with Gasteiger partial charge in [0.25, 0.3) is 0 Å². The van der Waals surface area contributed by atoms with E-state index in [1.807, 2.05) is 90.3 Å². The molecule has 2 aliphatic heterocycles. The van der Waals surface area contributed by atoms with Gasteiger partial charge in [-0.1, -0.05) is 64.1 Å². The molecule has 0 amide bonds. The van der Waals surface area contributed by atoms with Crippen LogP contribution in [0.5, 0.6) is 0 Å². The summed E-state index contributed by atoms with van der Waals surface area (Å²) >= 11 is 0. The van der Waals surface area contributed by atoms with Gasteiger partial charge in [0.2, 0.25) is 0 Å². The summed E-state index contributed by atoms with van der Waals surface area (Å²) in [5, 5.41) is 10.8. The van der Waals surface area contributed by atoms with Crippen LogP contribution in [0.3, 0.4) is 0 Å². The van der Waals surface area contributed by atoms with Crippen molar-refractivity contribution in [2.45, 2.75) is 41.5 Å². The van der Waals surface area contributed by atoms with Crippen molar-refractivity contribution in [3.05, 3.63) is 119 Å². The van der Waals surface area contributed by atoms with Crippen LogP contribution in [0, 0.1) is 0 Å². The first kappa shape index (κ1) is 30.1. The number of para-hydroxylation sites is 2. The largest absolute Gasteiger partial charge is 0.664 e. The predicted molar refractivity (Wildman–Crippen MR) is 158 cm³/mol. The third-order valence-corrected chi connectivity index (χ3v) is 5.64. The summed E-state index contributed by atoms with van der Waals surface area (Å²) in [5.41, 5.74) is 9.88. The van der Waals surface area contributed by atoms with E-state index in [-0.39, 0.29) is 32.7 Å². The average molecular weight is 564 g/mol. The van der Waals surface area contributed by atoms with E-state index in [0.717, 1.165) is 66.9 Å². The van der Waals surface area contributed by atoms with Gasteiger partial charge < -0.3 is 10.6 Å². The fourth-order valence-corrected chi connectivity index (χ4v) is 3.88. The summed E-state index contributed by atoms with van der Waals surface area (Å²) in [7, 11) is 0. The van der Waals surface area contributed by atoms with Gasteiger partial charge >= 0.3 is 0 Å². The molecule has 0 fully saturated rings. The van der Waals surface area contributed by atoms with Crippen LogP contribution >= 0.6 is 0 Å². The molecular weight excluding hydrogens is 529 g/mol. The summed E-state index contributed by atoms with van der Waals surface area (Å²) in [6, 6.07) is 20.4. The van der Waals surface area contributed by atoms with Gasteiger partial charge in [-0.3, -0.25) is 0 Å². The van der Waals surface area contributed by atoms with Crippen LogP contribution in [0.4, 0.5) is 0 Å². The van der Waals surface area contributed by atoms with Crippen LogP contribution in [-0.2, 0) is 32.7 Å². The van der Waals surface area contributed by atoms with Crippen LogP contribution in [0.1, 0.15) is 64.1 Å². The first-order valence-corrected chi connectivity index (χ1v) is 12.5. The second-order valence-corrected chi connectivity index (χ2v) is 7.93. The molecule has 2 aliphatic rings.